The van der Waals surface area contributed by atoms with Gasteiger partial charge in [-0.15, -0.1) is 0 Å². The topological polar surface area (TPSA) is 16.1 Å². The third-order valence-electron chi connectivity index (χ3n) is 5.53. The van der Waals surface area contributed by atoms with Crippen LogP contribution in [0.2, 0.25) is 0 Å². The minimum Gasteiger partial charge on any atom is -1.00 e. The highest BCUT2D eigenvalue weighted by atomic mass is 79.9. The second-order valence-electron chi connectivity index (χ2n) is 7.74. The Bertz CT molecular complexity index is 1100. The molecular formula is C26H25BrN2O. The van der Waals surface area contributed by atoms with Gasteiger partial charge in [0, 0.05) is 35.5 Å². The van der Waals surface area contributed by atoms with E-state index < -0.39 is 0 Å². The lowest BCUT2D eigenvalue weighted by Crippen LogP contribution is -3.00. The predicted molar refractivity (Wildman–Crippen MR) is 116 cm³/mol. The Hall–Kier alpha value is -2.69. The highest BCUT2D eigenvalue weighted by molar-refractivity contribution is 5.86. The molecule has 1 saturated heterocycles. The van der Waals surface area contributed by atoms with Crippen LogP contribution >= 0.6 is 0 Å². The van der Waals surface area contributed by atoms with Gasteiger partial charge in [0.2, 0.25) is 0 Å². The van der Waals surface area contributed by atoms with Crippen molar-refractivity contribution < 1.29 is 26.3 Å². The number of ether oxygens (including phenoxy) is 1. The molecule has 0 N–H and O–H groups in total. The monoisotopic (exact) mass is 460 g/mol. The molecule has 152 valence electrons. The first kappa shape index (κ1) is 20.6. The summed E-state index contributed by atoms with van der Waals surface area (Å²) in [7, 11) is 0. The number of pyridine rings is 1. The van der Waals surface area contributed by atoms with Crippen LogP contribution in [0, 0.1) is 0 Å². The van der Waals surface area contributed by atoms with E-state index in [1.54, 1.807) is 0 Å². The van der Waals surface area contributed by atoms with Crippen LogP contribution in [0.3, 0.4) is 0 Å². The summed E-state index contributed by atoms with van der Waals surface area (Å²) >= 11 is 0. The highest BCUT2D eigenvalue weighted by Gasteiger charge is 2.34. The molecule has 0 aliphatic carbocycles. The summed E-state index contributed by atoms with van der Waals surface area (Å²) in [5.41, 5.74) is 2.67. The van der Waals surface area contributed by atoms with Crippen LogP contribution < -0.4 is 26.3 Å². The van der Waals surface area contributed by atoms with Crippen molar-refractivity contribution in [2.45, 2.75) is 19.1 Å². The minimum atomic E-state index is 0. The number of benzene rings is 3. The quantitative estimate of drug-likeness (QED) is 0.306. The van der Waals surface area contributed by atoms with Gasteiger partial charge in [-0.05, 0) is 17.7 Å². The first-order valence-electron chi connectivity index (χ1n) is 10.2. The molecule has 1 aliphatic heterocycles. The molecule has 30 heavy (non-hydrogen) atoms. The molecular weight excluding hydrogens is 436 g/mol. The van der Waals surface area contributed by atoms with E-state index in [1.807, 2.05) is 0 Å². The van der Waals surface area contributed by atoms with Gasteiger partial charge in [0.25, 0.3) is 0 Å². The van der Waals surface area contributed by atoms with Crippen molar-refractivity contribution in [3.8, 4) is 5.75 Å². The summed E-state index contributed by atoms with van der Waals surface area (Å²) in [5.74, 6) is 0.973. The van der Waals surface area contributed by atoms with Crippen LogP contribution in [0.4, 0.5) is 0 Å². The largest absolute Gasteiger partial charge is 1.00 e. The molecule has 3 nitrogen and oxygen atoms in total. The maximum absolute atomic E-state index is 6.22. The second kappa shape index (κ2) is 9.41. The maximum atomic E-state index is 6.22. The molecule has 3 aromatic carbocycles. The summed E-state index contributed by atoms with van der Waals surface area (Å²) in [6.45, 7) is 3.73. The molecule has 2 atom stereocenters. The molecule has 1 fully saturated rings. The number of fused-ring (bicyclic) bond motifs is 1. The fraction of sp³-hybridized carbons (Fsp3) is 0.192. The van der Waals surface area contributed by atoms with Crippen LogP contribution in [0.1, 0.15) is 11.1 Å². The number of hydrogen-bond acceptors (Lipinski definition) is 2. The van der Waals surface area contributed by atoms with Crippen molar-refractivity contribution in [2.24, 2.45) is 0 Å². The molecule has 0 spiro atoms. The Morgan fingerprint density at radius 3 is 2.33 bits per heavy atom. The van der Waals surface area contributed by atoms with E-state index in [-0.39, 0.29) is 17.0 Å². The normalized spacial score (nSPS) is 17.3. The first-order chi connectivity index (χ1) is 14.3. The van der Waals surface area contributed by atoms with Crippen molar-refractivity contribution in [3.05, 3.63) is 108 Å². The summed E-state index contributed by atoms with van der Waals surface area (Å²) in [6.07, 6.45) is 4.34. The zero-order valence-electron chi connectivity index (χ0n) is 16.8. The molecule has 2 unspecified atom stereocenters. The first-order valence-corrected chi connectivity index (χ1v) is 10.2. The molecule has 1 aromatic heterocycles. The van der Waals surface area contributed by atoms with E-state index in [9.17, 15) is 0 Å². The van der Waals surface area contributed by atoms with Crippen molar-refractivity contribution >= 4 is 10.8 Å². The number of rotatable bonds is 7. The van der Waals surface area contributed by atoms with Gasteiger partial charge in [-0.3, -0.25) is 4.90 Å². The number of halogens is 1. The number of nitrogens with zero attached hydrogens (tertiary/aromatic N) is 2. The third kappa shape index (κ3) is 4.89. The lowest BCUT2D eigenvalue weighted by Gasteiger charge is -2.09. The van der Waals surface area contributed by atoms with Crippen LogP contribution in [-0.2, 0) is 13.1 Å². The fourth-order valence-electron chi connectivity index (χ4n) is 3.84. The molecule has 0 bridgehead atoms. The van der Waals surface area contributed by atoms with Gasteiger partial charge >= 0.3 is 0 Å². The number of hydrogen-bond donors (Lipinski definition) is 0. The lowest BCUT2D eigenvalue weighted by molar-refractivity contribution is -0.687. The second-order valence-corrected chi connectivity index (χ2v) is 7.74. The summed E-state index contributed by atoms with van der Waals surface area (Å²) < 4.78 is 8.44. The Morgan fingerprint density at radius 2 is 1.57 bits per heavy atom. The summed E-state index contributed by atoms with van der Waals surface area (Å²) in [6, 6.07) is 30.2. The van der Waals surface area contributed by atoms with Crippen LogP contribution in [0.25, 0.3) is 10.8 Å². The Morgan fingerprint density at radius 1 is 0.833 bits per heavy atom. The Kier molecular flexibility index (Phi) is 6.46. The fourth-order valence-corrected chi connectivity index (χ4v) is 3.84. The molecule has 0 radical (unpaired) electrons. The van der Waals surface area contributed by atoms with E-state index in [4.69, 9.17) is 4.74 Å². The van der Waals surface area contributed by atoms with Gasteiger partial charge in [0.1, 0.15) is 12.4 Å². The zero-order chi connectivity index (χ0) is 19.5. The van der Waals surface area contributed by atoms with Crippen molar-refractivity contribution in [1.82, 2.24) is 4.90 Å². The molecule has 0 saturated carbocycles. The van der Waals surface area contributed by atoms with E-state index in [0.29, 0.717) is 6.04 Å². The van der Waals surface area contributed by atoms with Crippen LogP contribution in [0.5, 0.6) is 5.75 Å². The molecule has 0 amide bonds. The Balaban J connectivity index is 0.00000218. The van der Waals surface area contributed by atoms with Crippen molar-refractivity contribution in [2.75, 3.05) is 13.2 Å². The van der Waals surface area contributed by atoms with Crippen molar-refractivity contribution in [1.29, 1.82) is 0 Å². The van der Waals surface area contributed by atoms with Gasteiger partial charge in [0.05, 0.1) is 6.04 Å². The van der Waals surface area contributed by atoms with Gasteiger partial charge < -0.3 is 21.7 Å². The smallest absolute Gasteiger partial charge is 0.177 e. The molecule has 1 aliphatic rings. The van der Waals surface area contributed by atoms with E-state index >= 15 is 0 Å². The lowest BCUT2D eigenvalue weighted by atomic mass is 10.1. The minimum absolute atomic E-state index is 0. The van der Waals surface area contributed by atoms with Crippen molar-refractivity contribution in [3.63, 3.8) is 0 Å². The van der Waals surface area contributed by atoms with E-state index in [1.165, 1.54) is 21.9 Å². The van der Waals surface area contributed by atoms with Gasteiger partial charge in [-0.2, -0.15) is 0 Å². The third-order valence-corrected chi connectivity index (χ3v) is 5.53. The average Bonchev–Trinajstić information content (AvgIpc) is 3.51. The van der Waals surface area contributed by atoms with E-state index in [0.717, 1.165) is 32.0 Å². The number of aromatic nitrogens is 1. The molecule has 2 heterocycles. The van der Waals surface area contributed by atoms with Crippen LogP contribution in [-0.4, -0.2) is 24.1 Å². The Labute approximate surface area is 188 Å². The van der Waals surface area contributed by atoms with E-state index in [2.05, 4.69) is 107 Å². The standard InChI is InChI=1S/C26H25N2O.BrH/c1-3-8-21(9-4-1)16-27-15-14-25-23(18-27)12-7-13-26(25)29-20-24-19-28(24)17-22-10-5-2-6-11-22;/h1-15,18,24H,16-17,19-20H2;1H/q+1;/p-1. The highest BCUT2D eigenvalue weighted by Crippen LogP contribution is 2.27. The average molecular weight is 461 g/mol. The molecule has 5 rings (SSSR count). The maximum Gasteiger partial charge on any atom is 0.177 e. The van der Waals surface area contributed by atoms with Gasteiger partial charge in [-0.25, -0.2) is 4.57 Å². The van der Waals surface area contributed by atoms with Gasteiger partial charge in [0.15, 0.2) is 18.9 Å². The summed E-state index contributed by atoms with van der Waals surface area (Å²) in [4.78, 5) is 2.45. The predicted octanol–water partition coefficient (Wildman–Crippen LogP) is 1.44. The van der Waals surface area contributed by atoms with Gasteiger partial charge in [-0.1, -0.05) is 66.7 Å². The SMILES string of the molecule is [Br-].c1ccc(CN2CC2COc2cccc3c[n+](Cc4ccccc4)ccc23)cc1. The van der Waals surface area contributed by atoms with Crippen LogP contribution in [0.15, 0.2) is 97.3 Å². The molecule has 4 aromatic rings. The summed E-state index contributed by atoms with van der Waals surface area (Å²) in [5, 5.41) is 2.38. The zero-order valence-corrected chi connectivity index (χ0v) is 18.4. The molecule has 4 heteroatoms.